The van der Waals surface area contributed by atoms with Crippen molar-refractivity contribution >= 4 is 34.5 Å². The summed E-state index contributed by atoms with van der Waals surface area (Å²) in [4.78, 5) is 27.4. The van der Waals surface area contributed by atoms with Crippen LogP contribution < -0.4 is 14.9 Å². The second kappa shape index (κ2) is 8.81. The van der Waals surface area contributed by atoms with Gasteiger partial charge < -0.3 is 20.1 Å². The maximum atomic E-state index is 12.4. The van der Waals surface area contributed by atoms with E-state index >= 15 is 0 Å². The van der Waals surface area contributed by atoms with Gasteiger partial charge >= 0.3 is 0 Å². The highest BCUT2D eigenvalue weighted by atomic mass is 32.2. The monoisotopic (exact) mass is 419 g/mol. The van der Waals surface area contributed by atoms with Gasteiger partial charge in [-0.25, -0.2) is 0 Å². The summed E-state index contributed by atoms with van der Waals surface area (Å²) >= 11 is -2.65. The zero-order chi connectivity index (χ0) is 20.4. The highest BCUT2D eigenvalue weighted by molar-refractivity contribution is 7.80. The van der Waals surface area contributed by atoms with Gasteiger partial charge in [-0.05, 0) is 63.2 Å². The molecule has 4 rings (SSSR count). The molecule has 1 aromatic carbocycles. The topological polar surface area (TPSA) is 105 Å². The molecule has 158 valence electrons. The Morgan fingerprint density at radius 2 is 1.93 bits per heavy atom. The summed E-state index contributed by atoms with van der Waals surface area (Å²) in [5.41, 5.74) is 0.802. The smallest absolute Gasteiger partial charge is 0.248 e. The lowest BCUT2D eigenvalue weighted by atomic mass is 9.93. The Kier molecular flexibility index (Phi) is 6.17. The average molecular weight is 420 g/mol. The van der Waals surface area contributed by atoms with Crippen LogP contribution in [0.3, 0.4) is 0 Å². The Labute approximate surface area is 173 Å². The third kappa shape index (κ3) is 4.79. The average Bonchev–Trinajstić information content (AvgIpc) is 3.54. The van der Waals surface area contributed by atoms with Crippen LogP contribution in [-0.2, 0) is 20.9 Å². The molecule has 1 saturated heterocycles. The van der Waals surface area contributed by atoms with E-state index in [2.05, 4.69) is 15.5 Å². The standard InChI is InChI=1S/C20H28N4O4S/c25-19(21-10-7-14-8-11-23(12-9-14)15-5-6-15)13-18-20(26)22-16-3-1-2-4-17(16)24(18)29(27)28/h1-4,14-15,18H,5-13H2,(H,21,25)(H,22,26)(H,27,28)/p-1. The fourth-order valence-corrected chi connectivity index (χ4v) is 5.03. The van der Waals surface area contributed by atoms with Crippen molar-refractivity contribution in [2.75, 3.05) is 29.3 Å². The van der Waals surface area contributed by atoms with Crippen LogP contribution in [0.25, 0.3) is 0 Å². The summed E-state index contributed by atoms with van der Waals surface area (Å²) in [6.07, 6.45) is 5.72. The van der Waals surface area contributed by atoms with E-state index < -0.39 is 23.2 Å². The van der Waals surface area contributed by atoms with Crippen LogP contribution >= 0.6 is 0 Å². The van der Waals surface area contributed by atoms with E-state index in [1.54, 1.807) is 24.3 Å². The number of nitrogens with one attached hydrogen (secondary N) is 2. The molecule has 8 nitrogen and oxygen atoms in total. The number of amides is 2. The predicted molar refractivity (Wildman–Crippen MR) is 110 cm³/mol. The van der Waals surface area contributed by atoms with Gasteiger partial charge in [0, 0.05) is 23.9 Å². The van der Waals surface area contributed by atoms with Crippen LogP contribution in [-0.4, -0.2) is 57.2 Å². The van der Waals surface area contributed by atoms with Crippen LogP contribution in [0.2, 0.25) is 0 Å². The molecule has 0 spiro atoms. The van der Waals surface area contributed by atoms with Gasteiger partial charge in [0.2, 0.25) is 11.8 Å². The number of carbonyl (C=O) groups is 2. The first-order chi connectivity index (χ1) is 14.0. The van der Waals surface area contributed by atoms with Crippen molar-refractivity contribution in [1.29, 1.82) is 0 Å². The number of likely N-dealkylation sites (tertiary alicyclic amines) is 1. The lowest BCUT2D eigenvalue weighted by molar-refractivity contribution is -0.125. The summed E-state index contributed by atoms with van der Waals surface area (Å²) in [7, 11) is 0. The van der Waals surface area contributed by atoms with Gasteiger partial charge in [-0.1, -0.05) is 12.1 Å². The number of piperidine rings is 1. The molecule has 2 aliphatic heterocycles. The van der Waals surface area contributed by atoms with Crippen molar-refractivity contribution in [1.82, 2.24) is 10.2 Å². The van der Waals surface area contributed by atoms with Gasteiger partial charge in [0.05, 0.1) is 17.8 Å². The predicted octanol–water partition coefficient (Wildman–Crippen LogP) is 1.38. The van der Waals surface area contributed by atoms with Crippen molar-refractivity contribution in [2.45, 2.75) is 50.6 Å². The second-order valence-electron chi connectivity index (χ2n) is 8.12. The molecule has 2 fully saturated rings. The molecule has 2 heterocycles. The van der Waals surface area contributed by atoms with E-state index in [0.29, 0.717) is 23.8 Å². The van der Waals surface area contributed by atoms with E-state index in [0.717, 1.165) is 42.7 Å². The van der Waals surface area contributed by atoms with E-state index in [1.165, 1.54) is 12.8 Å². The number of fused-ring (bicyclic) bond motifs is 1. The summed E-state index contributed by atoms with van der Waals surface area (Å²) in [6.45, 7) is 2.85. The molecule has 2 unspecified atom stereocenters. The minimum absolute atomic E-state index is 0.200. The molecule has 9 heteroatoms. The van der Waals surface area contributed by atoms with E-state index in [1.807, 2.05) is 0 Å². The van der Waals surface area contributed by atoms with Crippen LogP contribution in [0.15, 0.2) is 24.3 Å². The number of para-hydroxylation sites is 2. The highest BCUT2D eigenvalue weighted by Gasteiger charge is 2.35. The number of carbonyl (C=O) groups excluding carboxylic acids is 2. The fourth-order valence-electron chi connectivity index (χ4n) is 4.33. The first-order valence-electron chi connectivity index (χ1n) is 10.3. The Hall–Kier alpha value is -1.97. The van der Waals surface area contributed by atoms with Crippen molar-refractivity contribution in [3.8, 4) is 0 Å². The molecule has 3 aliphatic rings. The first kappa shape index (κ1) is 20.3. The number of hydrogen-bond donors (Lipinski definition) is 2. The van der Waals surface area contributed by atoms with Crippen LogP contribution in [0.1, 0.15) is 38.5 Å². The number of nitrogens with zero attached hydrogens (tertiary/aromatic N) is 2. The summed E-state index contributed by atoms with van der Waals surface area (Å²) in [5, 5.41) is 5.56. The molecule has 0 bridgehead atoms. The van der Waals surface area contributed by atoms with Gasteiger partial charge in [-0.3, -0.25) is 18.1 Å². The summed E-state index contributed by atoms with van der Waals surface area (Å²) in [5.74, 6) is -0.188. The summed E-state index contributed by atoms with van der Waals surface area (Å²) in [6, 6.07) is 6.40. The van der Waals surface area contributed by atoms with E-state index in [-0.39, 0.29) is 12.3 Å². The van der Waals surface area contributed by atoms with Crippen molar-refractivity contribution in [3.05, 3.63) is 24.3 Å². The molecule has 1 aliphatic carbocycles. The number of anilines is 2. The Bertz CT molecular complexity index is 792. The normalized spacial score (nSPS) is 24.0. The minimum Gasteiger partial charge on any atom is -0.755 e. The Balaban J connectivity index is 1.27. The van der Waals surface area contributed by atoms with Gasteiger partial charge in [0.25, 0.3) is 0 Å². The van der Waals surface area contributed by atoms with Gasteiger partial charge in [0.15, 0.2) is 0 Å². The third-order valence-electron chi connectivity index (χ3n) is 6.11. The quantitative estimate of drug-likeness (QED) is 0.650. The number of hydrogen-bond acceptors (Lipinski definition) is 5. The zero-order valence-corrected chi connectivity index (χ0v) is 17.2. The molecule has 0 aromatic heterocycles. The molecule has 1 saturated carbocycles. The minimum atomic E-state index is -2.65. The van der Waals surface area contributed by atoms with Gasteiger partial charge in [0.1, 0.15) is 6.04 Å². The highest BCUT2D eigenvalue weighted by Crippen LogP contribution is 2.34. The lowest BCUT2D eigenvalue weighted by Gasteiger charge is -2.38. The lowest BCUT2D eigenvalue weighted by Crippen LogP contribution is -2.51. The van der Waals surface area contributed by atoms with E-state index in [9.17, 15) is 18.4 Å². The largest absolute Gasteiger partial charge is 0.755 e. The zero-order valence-electron chi connectivity index (χ0n) is 16.3. The molecule has 2 amide bonds. The maximum Gasteiger partial charge on any atom is 0.248 e. The van der Waals surface area contributed by atoms with Crippen molar-refractivity contribution in [3.63, 3.8) is 0 Å². The second-order valence-corrected chi connectivity index (χ2v) is 8.95. The SMILES string of the molecule is O=C(CC1C(=O)Nc2ccccc2N1S(=O)[O-])NCCC1CCN(C2CC2)CC1. The fraction of sp³-hybridized carbons (Fsp3) is 0.600. The molecule has 0 radical (unpaired) electrons. The Morgan fingerprint density at radius 1 is 1.21 bits per heavy atom. The first-order valence-corrected chi connectivity index (χ1v) is 11.4. The van der Waals surface area contributed by atoms with Crippen molar-refractivity contribution < 1.29 is 18.4 Å². The molecular formula is C20H27N4O4S-. The molecule has 29 heavy (non-hydrogen) atoms. The Morgan fingerprint density at radius 3 is 2.62 bits per heavy atom. The maximum absolute atomic E-state index is 12.4. The van der Waals surface area contributed by atoms with Gasteiger partial charge in [-0.15, -0.1) is 0 Å². The van der Waals surface area contributed by atoms with Crippen LogP contribution in [0.4, 0.5) is 11.4 Å². The van der Waals surface area contributed by atoms with Gasteiger partial charge in [-0.2, -0.15) is 0 Å². The van der Waals surface area contributed by atoms with Crippen LogP contribution in [0.5, 0.6) is 0 Å². The third-order valence-corrected chi connectivity index (χ3v) is 6.88. The number of rotatable bonds is 7. The molecular weight excluding hydrogens is 392 g/mol. The molecule has 2 atom stereocenters. The van der Waals surface area contributed by atoms with Crippen LogP contribution in [0, 0.1) is 5.92 Å². The van der Waals surface area contributed by atoms with E-state index in [4.69, 9.17) is 0 Å². The van der Waals surface area contributed by atoms with Crippen molar-refractivity contribution in [2.24, 2.45) is 5.92 Å². The number of benzene rings is 1. The molecule has 2 N–H and O–H groups in total. The molecule has 1 aromatic rings. The summed E-state index contributed by atoms with van der Waals surface area (Å²) < 4.78 is 24.5.